The highest BCUT2D eigenvalue weighted by atomic mass is 35.5. The highest BCUT2D eigenvalue weighted by molar-refractivity contribution is 6.30. The maximum absolute atomic E-state index is 11.8. The van der Waals surface area contributed by atoms with Crippen molar-refractivity contribution in [3.63, 3.8) is 0 Å². The predicted molar refractivity (Wildman–Crippen MR) is 134 cm³/mol. The lowest BCUT2D eigenvalue weighted by molar-refractivity contribution is -0.0466. The van der Waals surface area contributed by atoms with Crippen LogP contribution in [0.15, 0.2) is 49.1 Å². The molecule has 0 radical (unpaired) electrons. The Morgan fingerprint density at radius 3 is 2.85 bits per heavy atom. The van der Waals surface area contributed by atoms with Crippen LogP contribution in [0.1, 0.15) is 54.1 Å². The first-order chi connectivity index (χ1) is 16.3. The fourth-order valence-electron chi connectivity index (χ4n) is 6.28. The number of hydrogen-bond donors (Lipinski definition) is 2. The third-order valence-electron chi connectivity index (χ3n) is 8.59. The molecule has 34 heavy (non-hydrogen) atoms. The third kappa shape index (κ3) is 3.79. The van der Waals surface area contributed by atoms with E-state index in [0.29, 0.717) is 12.4 Å². The first kappa shape index (κ1) is 23.3. The van der Waals surface area contributed by atoms with E-state index in [0.717, 1.165) is 55.9 Å². The summed E-state index contributed by atoms with van der Waals surface area (Å²) in [7, 11) is 0. The molecule has 1 saturated carbocycles. The summed E-state index contributed by atoms with van der Waals surface area (Å²) in [5.74, 6) is 0.0356. The number of anilines is 1. The summed E-state index contributed by atoms with van der Waals surface area (Å²) in [4.78, 5) is 14.1. The standard InChI is InChI=1S/C28H32ClNO4/c1-3-25(31)27(2)12-10-20(27)15-30-16-28(11-4-5-18-13-21(29)7-8-22(18)28)17-34-24-9-6-19(26(32)33)14-23(24)30/h3,6-9,13-14,20,25,31H,1,4-5,10-12,15-17H2,2H3,(H,32,33)/t20-,25-,27+,28?/m1/s1. The highest BCUT2D eigenvalue weighted by Crippen LogP contribution is 2.51. The molecule has 2 aromatic carbocycles. The summed E-state index contributed by atoms with van der Waals surface area (Å²) in [5.41, 5.74) is 3.18. The van der Waals surface area contributed by atoms with Crippen molar-refractivity contribution < 1.29 is 19.7 Å². The van der Waals surface area contributed by atoms with Gasteiger partial charge in [-0.1, -0.05) is 30.7 Å². The first-order valence-electron chi connectivity index (χ1n) is 12.1. The number of hydrogen-bond acceptors (Lipinski definition) is 4. The summed E-state index contributed by atoms with van der Waals surface area (Å²) >= 11 is 6.33. The molecular formula is C28H32ClNO4. The van der Waals surface area contributed by atoms with Gasteiger partial charge in [0.1, 0.15) is 5.75 Å². The van der Waals surface area contributed by atoms with E-state index in [1.165, 1.54) is 11.1 Å². The van der Waals surface area contributed by atoms with E-state index in [2.05, 4.69) is 30.5 Å². The average Bonchev–Trinajstić information content (AvgIpc) is 2.97. The van der Waals surface area contributed by atoms with Gasteiger partial charge in [0, 0.05) is 28.9 Å². The molecule has 0 amide bonds. The van der Waals surface area contributed by atoms with Gasteiger partial charge in [-0.2, -0.15) is 0 Å². The van der Waals surface area contributed by atoms with Gasteiger partial charge in [0.15, 0.2) is 0 Å². The zero-order valence-electron chi connectivity index (χ0n) is 19.6. The lowest BCUT2D eigenvalue weighted by atomic mass is 9.58. The van der Waals surface area contributed by atoms with Gasteiger partial charge in [0.05, 0.1) is 24.0 Å². The Kier molecular flexibility index (Phi) is 5.89. The van der Waals surface area contributed by atoms with Gasteiger partial charge in [-0.3, -0.25) is 0 Å². The number of rotatable bonds is 5. The lowest BCUT2D eigenvalue weighted by Gasteiger charge is -2.52. The lowest BCUT2D eigenvalue weighted by Crippen LogP contribution is -2.53. The Hall–Kier alpha value is -2.50. The van der Waals surface area contributed by atoms with Gasteiger partial charge < -0.3 is 19.8 Å². The van der Waals surface area contributed by atoms with Gasteiger partial charge in [0.2, 0.25) is 0 Å². The number of carbonyl (C=O) groups is 1. The van der Waals surface area contributed by atoms with E-state index in [9.17, 15) is 15.0 Å². The molecule has 5 rings (SSSR count). The minimum absolute atomic E-state index is 0.211. The summed E-state index contributed by atoms with van der Waals surface area (Å²) in [6.45, 7) is 7.94. The zero-order chi connectivity index (χ0) is 24.1. The van der Waals surface area contributed by atoms with Gasteiger partial charge in [-0.05, 0) is 79.5 Å². The highest BCUT2D eigenvalue weighted by Gasteiger charge is 2.49. The van der Waals surface area contributed by atoms with Crippen LogP contribution in [0.25, 0.3) is 0 Å². The number of halogens is 1. The van der Waals surface area contributed by atoms with Crippen molar-refractivity contribution >= 4 is 23.3 Å². The molecule has 6 heteroatoms. The molecule has 0 bridgehead atoms. The van der Waals surface area contributed by atoms with Crippen LogP contribution in [0.5, 0.6) is 5.75 Å². The van der Waals surface area contributed by atoms with Crippen molar-refractivity contribution in [1.29, 1.82) is 0 Å². The number of fused-ring (bicyclic) bond motifs is 3. The van der Waals surface area contributed by atoms with E-state index >= 15 is 0 Å². The van der Waals surface area contributed by atoms with Gasteiger partial charge >= 0.3 is 5.97 Å². The molecule has 5 nitrogen and oxygen atoms in total. The molecule has 1 aliphatic heterocycles. The minimum atomic E-state index is -0.949. The topological polar surface area (TPSA) is 70.0 Å². The van der Waals surface area contributed by atoms with Crippen LogP contribution in [0.3, 0.4) is 0 Å². The SMILES string of the molecule is C=C[C@@H](O)[C@@]1(C)CC[C@@H]1CN1CC2(CCCc3cc(Cl)ccc32)COc2ccc(C(=O)O)cc21. The number of aryl methyl sites for hydroxylation is 1. The fraction of sp³-hybridized carbons (Fsp3) is 0.464. The number of aromatic carboxylic acids is 1. The number of aliphatic hydroxyl groups is 1. The predicted octanol–water partition coefficient (Wildman–Crippen LogP) is 5.47. The van der Waals surface area contributed by atoms with Crippen LogP contribution < -0.4 is 9.64 Å². The van der Waals surface area contributed by atoms with Crippen molar-refractivity contribution in [2.24, 2.45) is 11.3 Å². The van der Waals surface area contributed by atoms with E-state index in [-0.39, 0.29) is 22.3 Å². The Labute approximate surface area is 206 Å². The van der Waals surface area contributed by atoms with Crippen molar-refractivity contribution in [2.75, 3.05) is 24.6 Å². The molecule has 1 fully saturated rings. The van der Waals surface area contributed by atoms with Crippen LogP contribution in [0, 0.1) is 11.3 Å². The second kappa shape index (κ2) is 8.62. The van der Waals surface area contributed by atoms with Crippen LogP contribution in [-0.4, -0.2) is 42.0 Å². The Bertz CT molecular complexity index is 1130. The first-order valence-corrected chi connectivity index (χ1v) is 12.5. The molecule has 4 atom stereocenters. The Morgan fingerprint density at radius 2 is 2.15 bits per heavy atom. The maximum Gasteiger partial charge on any atom is 0.335 e. The van der Waals surface area contributed by atoms with Crippen molar-refractivity contribution in [1.82, 2.24) is 0 Å². The quantitative estimate of drug-likeness (QED) is 0.554. The molecule has 2 N–H and O–H groups in total. The second-order valence-corrected chi connectivity index (χ2v) is 11.0. The van der Waals surface area contributed by atoms with Crippen LogP contribution in [-0.2, 0) is 11.8 Å². The number of aliphatic hydroxyl groups excluding tert-OH is 1. The number of carboxylic acids is 1. The molecule has 1 unspecified atom stereocenters. The normalized spacial score (nSPS) is 28.7. The fourth-order valence-corrected chi connectivity index (χ4v) is 6.47. The van der Waals surface area contributed by atoms with E-state index in [4.69, 9.17) is 16.3 Å². The van der Waals surface area contributed by atoms with Crippen molar-refractivity contribution in [3.8, 4) is 5.75 Å². The summed E-state index contributed by atoms with van der Waals surface area (Å²) < 4.78 is 6.41. The summed E-state index contributed by atoms with van der Waals surface area (Å²) in [6.07, 6.45) is 6.09. The molecule has 0 aromatic heterocycles. The van der Waals surface area contributed by atoms with Gasteiger partial charge in [0.25, 0.3) is 0 Å². The Balaban J connectivity index is 1.56. The molecule has 2 aromatic rings. The third-order valence-corrected chi connectivity index (χ3v) is 8.82. The van der Waals surface area contributed by atoms with Crippen LogP contribution >= 0.6 is 11.6 Å². The molecule has 2 aliphatic carbocycles. The van der Waals surface area contributed by atoms with Crippen LogP contribution in [0.4, 0.5) is 5.69 Å². The second-order valence-electron chi connectivity index (χ2n) is 10.5. The molecule has 3 aliphatic rings. The van der Waals surface area contributed by atoms with E-state index < -0.39 is 12.1 Å². The Morgan fingerprint density at radius 1 is 1.32 bits per heavy atom. The zero-order valence-corrected chi connectivity index (χ0v) is 20.4. The monoisotopic (exact) mass is 481 g/mol. The molecule has 1 spiro atoms. The molecular weight excluding hydrogens is 450 g/mol. The number of carboxylic acid groups (broad SMARTS) is 1. The molecule has 180 valence electrons. The number of ether oxygens (including phenoxy) is 1. The number of nitrogens with zero attached hydrogens (tertiary/aromatic N) is 1. The van der Waals surface area contributed by atoms with Crippen LogP contribution in [0.2, 0.25) is 5.02 Å². The van der Waals surface area contributed by atoms with E-state index in [1.54, 1.807) is 24.3 Å². The minimum Gasteiger partial charge on any atom is -0.490 e. The summed E-state index contributed by atoms with van der Waals surface area (Å²) in [5, 5.41) is 21.1. The van der Waals surface area contributed by atoms with Gasteiger partial charge in [-0.25, -0.2) is 4.79 Å². The van der Waals surface area contributed by atoms with Crippen molar-refractivity contribution in [3.05, 3.63) is 70.8 Å². The van der Waals surface area contributed by atoms with Gasteiger partial charge in [-0.15, -0.1) is 6.58 Å². The maximum atomic E-state index is 11.8. The number of benzene rings is 2. The molecule has 0 saturated heterocycles. The van der Waals surface area contributed by atoms with E-state index in [1.807, 2.05) is 6.07 Å². The molecule has 1 heterocycles. The van der Waals surface area contributed by atoms with Crippen molar-refractivity contribution in [2.45, 2.75) is 50.5 Å². The smallest absolute Gasteiger partial charge is 0.335 e. The summed E-state index contributed by atoms with van der Waals surface area (Å²) in [6, 6.07) is 11.3. The largest absolute Gasteiger partial charge is 0.490 e. The average molecular weight is 482 g/mol.